The maximum atomic E-state index is 14.0. The number of alkyl halides is 1. The molecule has 0 aliphatic heterocycles. The Morgan fingerprint density at radius 1 is 1.29 bits per heavy atom. The van der Waals surface area contributed by atoms with Crippen LogP contribution in [0.4, 0.5) is 4.39 Å². The number of hydrogen-bond acceptors (Lipinski definition) is 0. The van der Waals surface area contributed by atoms with Crippen molar-refractivity contribution in [2.75, 3.05) is 5.33 Å². The second-order valence-corrected chi connectivity index (χ2v) is 8.11. The maximum Gasteiger partial charge on any atom is 0.126 e. The van der Waals surface area contributed by atoms with Crippen LogP contribution in [0.25, 0.3) is 0 Å². The standard InChI is InChI=1S/C18H25Br2F/c1-2-3-4-14-7-9-18(13-19,10-8-14)12-15-11-16(20)5-6-17(15)21/h5-6,11,14H,2-4,7-10,12-13H2,1H3. The highest BCUT2D eigenvalue weighted by Crippen LogP contribution is 2.44. The molecule has 0 bridgehead atoms. The summed E-state index contributed by atoms with van der Waals surface area (Å²) in [5, 5.41) is 0.979. The summed E-state index contributed by atoms with van der Waals surface area (Å²) in [5.41, 5.74) is 1.10. The Hall–Kier alpha value is 0.110. The number of rotatable bonds is 6. The fourth-order valence-corrected chi connectivity index (χ4v) is 4.68. The minimum absolute atomic E-state index is 0.0633. The molecule has 0 nitrogen and oxygen atoms in total. The predicted octanol–water partition coefficient (Wildman–Crippen LogP) is 6.89. The van der Waals surface area contributed by atoms with Crippen LogP contribution in [0, 0.1) is 17.2 Å². The first-order valence-electron chi connectivity index (χ1n) is 8.08. The average Bonchev–Trinajstić information content (AvgIpc) is 2.50. The van der Waals surface area contributed by atoms with E-state index in [1.165, 1.54) is 44.9 Å². The molecule has 0 atom stereocenters. The number of unbranched alkanes of at least 4 members (excludes halogenated alkanes) is 1. The van der Waals surface area contributed by atoms with Crippen molar-refractivity contribution in [3.05, 3.63) is 34.1 Å². The first-order valence-corrected chi connectivity index (χ1v) is 10.00. The van der Waals surface area contributed by atoms with Crippen molar-refractivity contribution in [1.82, 2.24) is 0 Å². The molecule has 1 aliphatic carbocycles. The normalized spacial score (nSPS) is 26.0. The van der Waals surface area contributed by atoms with Crippen molar-refractivity contribution >= 4 is 31.9 Å². The summed E-state index contributed by atoms with van der Waals surface area (Å²) in [7, 11) is 0. The molecule has 1 fully saturated rings. The van der Waals surface area contributed by atoms with Gasteiger partial charge in [-0.1, -0.05) is 58.0 Å². The van der Waals surface area contributed by atoms with Gasteiger partial charge in [-0.05, 0) is 67.2 Å². The number of hydrogen-bond donors (Lipinski definition) is 0. The van der Waals surface area contributed by atoms with Crippen LogP contribution in [0.5, 0.6) is 0 Å². The molecule has 3 heteroatoms. The van der Waals surface area contributed by atoms with Gasteiger partial charge >= 0.3 is 0 Å². The molecule has 0 spiro atoms. The minimum atomic E-state index is -0.0633. The molecule has 1 aromatic rings. The van der Waals surface area contributed by atoms with E-state index in [1.807, 2.05) is 6.07 Å². The van der Waals surface area contributed by atoms with Gasteiger partial charge in [0.15, 0.2) is 0 Å². The molecule has 0 N–H and O–H groups in total. The first-order chi connectivity index (χ1) is 10.1. The zero-order valence-corrected chi connectivity index (χ0v) is 16.0. The summed E-state index contributed by atoms with van der Waals surface area (Å²) >= 11 is 7.17. The van der Waals surface area contributed by atoms with Crippen molar-refractivity contribution < 1.29 is 4.39 Å². The monoisotopic (exact) mass is 418 g/mol. The highest BCUT2D eigenvalue weighted by molar-refractivity contribution is 9.10. The summed E-state index contributed by atoms with van der Waals surface area (Å²) in [6, 6.07) is 5.30. The smallest absolute Gasteiger partial charge is 0.126 e. The van der Waals surface area contributed by atoms with Crippen LogP contribution in [0.3, 0.4) is 0 Å². The van der Waals surface area contributed by atoms with Crippen LogP contribution in [0.1, 0.15) is 57.4 Å². The number of benzene rings is 1. The molecule has 21 heavy (non-hydrogen) atoms. The van der Waals surface area contributed by atoms with E-state index in [1.54, 1.807) is 12.1 Å². The van der Waals surface area contributed by atoms with Gasteiger partial charge in [0, 0.05) is 9.80 Å². The van der Waals surface area contributed by atoms with Crippen LogP contribution < -0.4 is 0 Å². The zero-order chi connectivity index (χ0) is 15.3. The average molecular weight is 420 g/mol. The Morgan fingerprint density at radius 2 is 2.00 bits per heavy atom. The molecule has 118 valence electrons. The van der Waals surface area contributed by atoms with Gasteiger partial charge in [-0.15, -0.1) is 0 Å². The Morgan fingerprint density at radius 3 is 2.62 bits per heavy atom. The van der Waals surface area contributed by atoms with Gasteiger partial charge in [-0.2, -0.15) is 0 Å². The maximum absolute atomic E-state index is 14.0. The lowest BCUT2D eigenvalue weighted by atomic mass is 9.68. The third kappa shape index (κ3) is 4.79. The summed E-state index contributed by atoms with van der Waals surface area (Å²) in [6.45, 7) is 2.27. The van der Waals surface area contributed by atoms with Crippen molar-refractivity contribution in [1.29, 1.82) is 0 Å². The van der Waals surface area contributed by atoms with E-state index in [9.17, 15) is 4.39 Å². The molecule has 1 saturated carbocycles. The molecule has 0 amide bonds. The van der Waals surface area contributed by atoms with E-state index in [4.69, 9.17) is 0 Å². The van der Waals surface area contributed by atoms with Gasteiger partial charge in [-0.3, -0.25) is 0 Å². The molecular weight excluding hydrogens is 395 g/mol. The van der Waals surface area contributed by atoms with Gasteiger partial charge in [0.25, 0.3) is 0 Å². The van der Waals surface area contributed by atoms with E-state index < -0.39 is 0 Å². The highest BCUT2D eigenvalue weighted by Gasteiger charge is 2.35. The first kappa shape index (κ1) is 17.5. The molecule has 0 radical (unpaired) electrons. The molecule has 0 heterocycles. The van der Waals surface area contributed by atoms with Crippen LogP contribution >= 0.6 is 31.9 Å². The predicted molar refractivity (Wildman–Crippen MR) is 95.5 cm³/mol. The van der Waals surface area contributed by atoms with Crippen LogP contribution in [-0.4, -0.2) is 5.33 Å². The van der Waals surface area contributed by atoms with Crippen LogP contribution in [-0.2, 0) is 6.42 Å². The molecule has 0 saturated heterocycles. The molecular formula is C18H25Br2F. The molecule has 2 rings (SSSR count). The van der Waals surface area contributed by atoms with Crippen molar-refractivity contribution in [2.45, 2.75) is 58.3 Å². The minimum Gasteiger partial charge on any atom is -0.207 e. The van der Waals surface area contributed by atoms with Crippen LogP contribution in [0.15, 0.2) is 22.7 Å². The lowest BCUT2D eigenvalue weighted by Gasteiger charge is -2.39. The zero-order valence-electron chi connectivity index (χ0n) is 12.8. The second kappa shape index (κ2) is 8.10. The molecule has 0 aromatic heterocycles. The van der Waals surface area contributed by atoms with Crippen molar-refractivity contribution in [3.8, 4) is 0 Å². The topological polar surface area (TPSA) is 0 Å². The summed E-state index contributed by atoms with van der Waals surface area (Å²) in [5.74, 6) is 0.830. The third-order valence-corrected chi connectivity index (χ3v) is 6.67. The van der Waals surface area contributed by atoms with Crippen molar-refractivity contribution in [3.63, 3.8) is 0 Å². The molecule has 1 aliphatic rings. The van der Waals surface area contributed by atoms with E-state index in [-0.39, 0.29) is 11.2 Å². The SMILES string of the molecule is CCCCC1CCC(CBr)(Cc2cc(Br)ccc2F)CC1. The fraction of sp³-hybridized carbons (Fsp3) is 0.667. The number of halogens is 3. The highest BCUT2D eigenvalue weighted by atomic mass is 79.9. The lowest BCUT2D eigenvalue weighted by Crippen LogP contribution is -2.31. The van der Waals surface area contributed by atoms with E-state index in [2.05, 4.69) is 38.8 Å². The van der Waals surface area contributed by atoms with E-state index in [0.29, 0.717) is 0 Å². The van der Waals surface area contributed by atoms with Crippen molar-refractivity contribution in [2.24, 2.45) is 11.3 Å². The quantitative estimate of drug-likeness (QED) is 0.440. The van der Waals surface area contributed by atoms with Gasteiger partial charge in [0.1, 0.15) is 5.82 Å². The Labute approximate surface area is 145 Å². The largest absolute Gasteiger partial charge is 0.207 e. The molecule has 0 unspecified atom stereocenters. The lowest BCUT2D eigenvalue weighted by molar-refractivity contribution is 0.167. The Bertz CT molecular complexity index is 451. The van der Waals surface area contributed by atoms with Gasteiger partial charge in [-0.25, -0.2) is 4.39 Å². The Balaban J connectivity index is 2.01. The van der Waals surface area contributed by atoms with E-state index in [0.717, 1.165) is 27.7 Å². The third-order valence-electron chi connectivity index (χ3n) is 4.99. The fourth-order valence-electron chi connectivity index (χ4n) is 3.51. The van der Waals surface area contributed by atoms with Crippen LogP contribution in [0.2, 0.25) is 0 Å². The van der Waals surface area contributed by atoms with E-state index >= 15 is 0 Å². The Kier molecular flexibility index (Phi) is 6.74. The molecule has 1 aromatic carbocycles. The summed E-state index contributed by atoms with van der Waals surface area (Å²) in [6.07, 6.45) is 9.93. The van der Waals surface area contributed by atoms with Gasteiger partial charge in [0.2, 0.25) is 0 Å². The summed E-state index contributed by atoms with van der Waals surface area (Å²) in [4.78, 5) is 0. The van der Waals surface area contributed by atoms with Gasteiger partial charge in [0.05, 0.1) is 0 Å². The second-order valence-electron chi connectivity index (χ2n) is 6.63. The summed E-state index contributed by atoms with van der Waals surface area (Å²) < 4.78 is 15.0. The van der Waals surface area contributed by atoms with Gasteiger partial charge < -0.3 is 0 Å².